The molecule has 2 aromatic carbocycles. The van der Waals surface area contributed by atoms with Crippen molar-refractivity contribution in [3.8, 4) is 0 Å². The van der Waals surface area contributed by atoms with Gasteiger partial charge in [0.05, 0.1) is 4.90 Å². The van der Waals surface area contributed by atoms with Gasteiger partial charge in [0.15, 0.2) is 0 Å². The second-order valence-electron chi connectivity index (χ2n) is 7.18. The Kier molecular flexibility index (Phi) is 6.15. The van der Waals surface area contributed by atoms with Gasteiger partial charge < -0.3 is 4.90 Å². The fourth-order valence-corrected chi connectivity index (χ4v) is 4.71. The summed E-state index contributed by atoms with van der Waals surface area (Å²) in [5.74, 6) is -0.0532. The molecule has 0 fully saturated rings. The molecule has 1 heterocycles. The summed E-state index contributed by atoms with van der Waals surface area (Å²) < 4.78 is 39.3. The number of halogens is 1. The molecule has 150 valence electrons. The molecule has 0 aliphatic carbocycles. The van der Waals surface area contributed by atoms with Crippen LogP contribution in [0.15, 0.2) is 53.4 Å². The smallest absolute Gasteiger partial charge is 0.242 e. The van der Waals surface area contributed by atoms with Gasteiger partial charge in [-0.2, -0.15) is 0 Å². The van der Waals surface area contributed by atoms with E-state index >= 15 is 0 Å². The van der Waals surface area contributed by atoms with Gasteiger partial charge in [0.1, 0.15) is 5.82 Å². The molecular weight excluding hydrogens is 379 g/mol. The molecule has 1 unspecified atom stereocenters. The van der Waals surface area contributed by atoms with Crippen molar-refractivity contribution in [2.24, 2.45) is 0 Å². The second kappa shape index (κ2) is 8.41. The Hall–Kier alpha value is -2.25. The number of para-hydroxylation sites is 1. The molecule has 7 heteroatoms. The van der Waals surface area contributed by atoms with E-state index in [-0.39, 0.29) is 23.8 Å². The van der Waals surface area contributed by atoms with Gasteiger partial charge in [-0.1, -0.05) is 25.1 Å². The van der Waals surface area contributed by atoms with E-state index in [0.29, 0.717) is 18.9 Å². The van der Waals surface area contributed by atoms with Crippen LogP contribution in [-0.2, 0) is 14.8 Å². The highest BCUT2D eigenvalue weighted by atomic mass is 32.2. The molecule has 3 rings (SSSR count). The zero-order chi connectivity index (χ0) is 20.3. The zero-order valence-corrected chi connectivity index (χ0v) is 17.0. The number of benzene rings is 2. The van der Waals surface area contributed by atoms with Gasteiger partial charge in [0.2, 0.25) is 15.9 Å². The Morgan fingerprint density at radius 3 is 2.57 bits per heavy atom. The first-order valence-electron chi connectivity index (χ1n) is 9.42. The number of sulfonamides is 1. The number of rotatable bonds is 6. The van der Waals surface area contributed by atoms with Crippen molar-refractivity contribution in [1.29, 1.82) is 0 Å². The molecule has 1 aliphatic heterocycles. The number of hydrogen-bond donors (Lipinski definition) is 0. The molecule has 0 aromatic heterocycles. The maximum atomic E-state index is 13.0. The summed E-state index contributed by atoms with van der Waals surface area (Å²) in [6.07, 6.45) is 1.61. The average Bonchev–Trinajstić information content (AvgIpc) is 2.68. The SMILES string of the molecule is CC1CCN(C(=O)CCCN(C)S(=O)(=O)c2ccc(F)cc2)c2ccccc21. The summed E-state index contributed by atoms with van der Waals surface area (Å²) in [5.41, 5.74) is 2.14. The summed E-state index contributed by atoms with van der Waals surface area (Å²) in [5, 5.41) is 0. The molecule has 0 saturated carbocycles. The molecule has 0 spiro atoms. The van der Waals surface area contributed by atoms with Gasteiger partial charge in [-0.25, -0.2) is 17.1 Å². The van der Waals surface area contributed by atoms with Gasteiger partial charge in [-0.05, 0) is 54.7 Å². The predicted octanol–water partition coefficient (Wildman–Crippen LogP) is 3.77. The monoisotopic (exact) mass is 404 g/mol. The first-order chi connectivity index (χ1) is 13.3. The quantitative estimate of drug-likeness (QED) is 0.736. The molecule has 1 amide bonds. The molecule has 1 aliphatic rings. The number of hydrogen-bond acceptors (Lipinski definition) is 3. The highest BCUT2D eigenvalue weighted by molar-refractivity contribution is 7.89. The second-order valence-corrected chi connectivity index (χ2v) is 9.22. The lowest BCUT2D eigenvalue weighted by atomic mass is 9.91. The van der Waals surface area contributed by atoms with Crippen LogP contribution in [0.1, 0.15) is 37.7 Å². The van der Waals surface area contributed by atoms with Crippen molar-refractivity contribution in [2.75, 3.05) is 25.0 Å². The van der Waals surface area contributed by atoms with Crippen molar-refractivity contribution < 1.29 is 17.6 Å². The lowest BCUT2D eigenvalue weighted by Crippen LogP contribution is -2.37. The van der Waals surface area contributed by atoms with E-state index in [1.54, 1.807) is 0 Å². The predicted molar refractivity (Wildman–Crippen MR) is 107 cm³/mol. The molecule has 0 N–H and O–H groups in total. The van der Waals surface area contributed by atoms with E-state index in [0.717, 1.165) is 24.2 Å². The van der Waals surface area contributed by atoms with Gasteiger partial charge in [0, 0.05) is 32.2 Å². The van der Waals surface area contributed by atoms with Crippen LogP contribution in [0.4, 0.5) is 10.1 Å². The summed E-state index contributed by atoms with van der Waals surface area (Å²) in [4.78, 5) is 14.6. The molecular formula is C21H25FN2O3S. The van der Waals surface area contributed by atoms with Crippen LogP contribution < -0.4 is 4.90 Å². The molecule has 1 atom stereocenters. The Morgan fingerprint density at radius 1 is 1.18 bits per heavy atom. The van der Waals surface area contributed by atoms with Crippen LogP contribution >= 0.6 is 0 Å². The fourth-order valence-electron chi connectivity index (χ4n) is 3.50. The van der Waals surface area contributed by atoms with Crippen molar-refractivity contribution in [3.63, 3.8) is 0 Å². The van der Waals surface area contributed by atoms with E-state index < -0.39 is 15.8 Å². The lowest BCUT2D eigenvalue weighted by molar-refractivity contribution is -0.118. The molecule has 28 heavy (non-hydrogen) atoms. The molecule has 5 nitrogen and oxygen atoms in total. The van der Waals surface area contributed by atoms with E-state index in [9.17, 15) is 17.6 Å². The summed E-state index contributed by atoms with van der Waals surface area (Å²) >= 11 is 0. The Morgan fingerprint density at radius 2 is 1.86 bits per heavy atom. The Labute approximate surface area is 165 Å². The van der Waals surface area contributed by atoms with Crippen LogP contribution in [0.2, 0.25) is 0 Å². The molecule has 0 radical (unpaired) electrons. The number of fused-ring (bicyclic) bond motifs is 1. The van der Waals surface area contributed by atoms with Crippen LogP contribution in [0, 0.1) is 5.82 Å². The van der Waals surface area contributed by atoms with Crippen LogP contribution in [0.3, 0.4) is 0 Å². The minimum absolute atomic E-state index is 0.00642. The Balaban J connectivity index is 1.60. The average molecular weight is 405 g/mol. The number of anilines is 1. The normalized spacial score (nSPS) is 16.9. The van der Waals surface area contributed by atoms with E-state index in [4.69, 9.17) is 0 Å². The van der Waals surface area contributed by atoms with Crippen molar-refractivity contribution in [1.82, 2.24) is 4.31 Å². The minimum atomic E-state index is -3.69. The minimum Gasteiger partial charge on any atom is -0.312 e. The Bertz CT molecular complexity index is 944. The zero-order valence-electron chi connectivity index (χ0n) is 16.1. The van der Waals surface area contributed by atoms with Gasteiger partial charge in [-0.3, -0.25) is 4.79 Å². The van der Waals surface area contributed by atoms with Gasteiger partial charge in [0.25, 0.3) is 0 Å². The number of carbonyl (C=O) groups excluding carboxylic acids is 1. The maximum absolute atomic E-state index is 13.0. The van der Waals surface area contributed by atoms with Gasteiger partial charge >= 0.3 is 0 Å². The van der Waals surface area contributed by atoms with Crippen LogP contribution in [0.5, 0.6) is 0 Å². The largest absolute Gasteiger partial charge is 0.312 e. The van der Waals surface area contributed by atoms with Crippen molar-refractivity contribution in [3.05, 3.63) is 59.9 Å². The summed E-state index contributed by atoms with van der Waals surface area (Å²) in [6.45, 7) is 3.06. The van der Waals surface area contributed by atoms with Crippen LogP contribution in [-0.4, -0.2) is 38.8 Å². The highest BCUT2D eigenvalue weighted by Crippen LogP contribution is 2.35. The first kappa shape index (κ1) is 20.5. The van der Waals surface area contributed by atoms with E-state index in [1.807, 2.05) is 23.1 Å². The molecule has 2 aromatic rings. The number of nitrogens with zero attached hydrogens (tertiary/aromatic N) is 2. The van der Waals surface area contributed by atoms with Gasteiger partial charge in [-0.15, -0.1) is 0 Å². The molecule has 0 bridgehead atoms. The van der Waals surface area contributed by atoms with E-state index in [2.05, 4.69) is 13.0 Å². The fraction of sp³-hybridized carbons (Fsp3) is 0.381. The standard InChI is InChI=1S/C21H25FN2O3S/c1-16-13-15-24(20-7-4-3-6-19(16)20)21(25)8-5-14-23(2)28(26,27)18-11-9-17(22)10-12-18/h3-4,6-7,9-12,16H,5,8,13-15H2,1-2H3. The number of amides is 1. The number of carbonyl (C=O) groups is 1. The topological polar surface area (TPSA) is 57.7 Å². The van der Waals surface area contributed by atoms with Crippen molar-refractivity contribution >= 4 is 21.6 Å². The first-order valence-corrected chi connectivity index (χ1v) is 10.9. The highest BCUT2D eigenvalue weighted by Gasteiger charge is 2.26. The van der Waals surface area contributed by atoms with Crippen molar-refractivity contribution in [2.45, 2.75) is 37.0 Å². The third-order valence-electron chi connectivity index (χ3n) is 5.23. The third-order valence-corrected chi connectivity index (χ3v) is 7.10. The summed E-state index contributed by atoms with van der Waals surface area (Å²) in [7, 11) is -2.22. The van der Waals surface area contributed by atoms with Crippen LogP contribution in [0.25, 0.3) is 0 Å². The third kappa shape index (κ3) is 4.25. The lowest BCUT2D eigenvalue weighted by Gasteiger charge is -2.33. The van der Waals surface area contributed by atoms with E-state index in [1.165, 1.54) is 29.0 Å². The summed E-state index contributed by atoms with van der Waals surface area (Å²) in [6, 6.07) is 12.7. The molecule has 0 saturated heterocycles. The maximum Gasteiger partial charge on any atom is 0.242 e.